The molecule has 0 spiro atoms. The number of nitrogens with zero attached hydrogens (tertiary/aromatic N) is 2. The van der Waals surface area contributed by atoms with Crippen LogP contribution in [0.5, 0.6) is 0 Å². The summed E-state index contributed by atoms with van der Waals surface area (Å²) in [7, 11) is 0. The number of aromatic amines is 1. The molecule has 0 bridgehead atoms. The maximum atomic E-state index is 12.4. The van der Waals surface area contributed by atoms with Crippen LogP contribution in [0.2, 0.25) is 0 Å². The zero-order valence-corrected chi connectivity index (χ0v) is 18.1. The summed E-state index contributed by atoms with van der Waals surface area (Å²) in [5.41, 5.74) is 3.44. The summed E-state index contributed by atoms with van der Waals surface area (Å²) in [4.78, 5) is 40.8. The van der Waals surface area contributed by atoms with Crippen LogP contribution >= 0.6 is 0 Å². The van der Waals surface area contributed by atoms with Crippen LogP contribution in [0.1, 0.15) is 56.8 Å². The average molecular weight is 435 g/mol. The molecular weight excluding hydrogens is 414 g/mol. The predicted molar refractivity (Wildman–Crippen MR) is 124 cm³/mol. The van der Waals surface area contributed by atoms with E-state index >= 15 is 0 Å². The number of aryl methyl sites for hydroxylation is 1. The highest BCUT2D eigenvalue weighted by atomic mass is 16.2. The Hall–Kier alpha value is -4.42. The number of carbonyl (C=O) groups is 2. The molecule has 0 radical (unpaired) electrons. The molecule has 0 aliphatic carbocycles. The van der Waals surface area contributed by atoms with Crippen LogP contribution in [0, 0.1) is 30.1 Å². The Labute approximate surface area is 191 Å². The number of carbonyl (C=O) groups excluding carboxylic acids is 2. The molecule has 6 heteroatoms. The van der Waals surface area contributed by atoms with Crippen molar-refractivity contribution in [3.63, 3.8) is 0 Å². The van der Waals surface area contributed by atoms with Crippen molar-refractivity contribution < 1.29 is 9.59 Å². The lowest BCUT2D eigenvalue weighted by Gasteiger charge is -2.12. The number of amides is 2. The predicted octanol–water partition coefficient (Wildman–Crippen LogP) is 4.04. The van der Waals surface area contributed by atoms with Crippen LogP contribution in [-0.2, 0) is 0 Å². The Bertz CT molecular complexity index is 1380. The van der Waals surface area contributed by atoms with Crippen molar-refractivity contribution in [2.24, 2.45) is 0 Å². The van der Waals surface area contributed by atoms with E-state index < -0.39 is 5.56 Å². The monoisotopic (exact) mass is 435 g/mol. The van der Waals surface area contributed by atoms with E-state index in [-0.39, 0.29) is 17.4 Å². The molecule has 0 fully saturated rings. The number of pyridine rings is 1. The third kappa shape index (κ3) is 4.46. The van der Waals surface area contributed by atoms with Gasteiger partial charge in [0.2, 0.25) is 0 Å². The number of nitrogens with one attached hydrogen (secondary N) is 1. The van der Waals surface area contributed by atoms with Gasteiger partial charge in [-0.15, -0.1) is 0 Å². The number of H-pyrrole nitrogens is 1. The third-order valence-corrected chi connectivity index (χ3v) is 5.50. The zero-order valence-electron chi connectivity index (χ0n) is 18.1. The van der Waals surface area contributed by atoms with E-state index in [0.717, 1.165) is 17.5 Å². The Morgan fingerprint density at radius 1 is 0.909 bits per heavy atom. The second-order valence-electron chi connectivity index (χ2n) is 7.83. The van der Waals surface area contributed by atoms with Gasteiger partial charge in [-0.25, -0.2) is 0 Å². The number of hydrogen-bond donors (Lipinski definition) is 1. The molecule has 6 nitrogen and oxygen atoms in total. The van der Waals surface area contributed by atoms with E-state index in [1.54, 1.807) is 37.3 Å². The number of unbranched alkanes of at least 4 members (excludes halogenated alkanes) is 2. The molecule has 3 aromatic rings. The SMILES string of the molecule is Cc1cc(-c2cccc(C#CCCCCN3C(=O)c4ccccc4C3=O)c2)c(C#N)c(=O)[nH]1. The fourth-order valence-electron chi connectivity index (χ4n) is 3.88. The van der Waals surface area contributed by atoms with Gasteiger partial charge in [-0.1, -0.05) is 36.1 Å². The largest absolute Gasteiger partial charge is 0.325 e. The maximum absolute atomic E-state index is 12.4. The fourth-order valence-corrected chi connectivity index (χ4v) is 3.88. The van der Waals surface area contributed by atoms with Gasteiger partial charge < -0.3 is 4.98 Å². The number of aromatic nitrogens is 1. The van der Waals surface area contributed by atoms with Crippen molar-refractivity contribution >= 4 is 11.8 Å². The first kappa shape index (κ1) is 21.8. The van der Waals surface area contributed by atoms with Crippen molar-refractivity contribution in [1.29, 1.82) is 5.26 Å². The second kappa shape index (κ2) is 9.38. The van der Waals surface area contributed by atoms with Gasteiger partial charge in [0.15, 0.2) is 0 Å². The highest BCUT2D eigenvalue weighted by Crippen LogP contribution is 2.24. The first-order valence-corrected chi connectivity index (χ1v) is 10.7. The van der Waals surface area contributed by atoms with E-state index in [4.69, 9.17) is 0 Å². The van der Waals surface area contributed by atoms with Gasteiger partial charge in [0.25, 0.3) is 17.4 Å². The van der Waals surface area contributed by atoms with Crippen LogP contribution in [-0.4, -0.2) is 28.2 Å². The maximum Gasteiger partial charge on any atom is 0.266 e. The van der Waals surface area contributed by atoms with E-state index in [1.165, 1.54) is 4.90 Å². The summed E-state index contributed by atoms with van der Waals surface area (Å²) in [6.07, 6.45) is 2.06. The molecule has 2 amide bonds. The van der Waals surface area contributed by atoms with Gasteiger partial charge >= 0.3 is 0 Å². The number of nitriles is 1. The summed E-state index contributed by atoms with van der Waals surface area (Å²) in [5, 5.41) is 9.36. The molecular formula is C27H21N3O3. The molecule has 1 aliphatic heterocycles. The molecule has 1 aromatic heterocycles. The van der Waals surface area contributed by atoms with Gasteiger partial charge in [-0.05, 0) is 55.7 Å². The Kier molecular flexibility index (Phi) is 6.20. The number of imide groups is 1. The van der Waals surface area contributed by atoms with Crippen molar-refractivity contribution in [3.8, 4) is 29.0 Å². The van der Waals surface area contributed by atoms with Gasteiger partial charge in [0, 0.05) is 29.8 Å². The first-order chi connectivity index (χ1) is 16.0. The Balaban J connectivity index is 1.36. The van der Waals surface area contributed by atoms with Crippen LogP contribution in [0.25, 0.3) is 11.1 Å². The van der Waals surface area contributed by atoms with E-state index in [0.29, 0.717) is 41.8 Å². The van der Waals surface area contributed by atoms with E-state index in [2.05, 4.69) is 16.8 Å². The van der Waals surface area contributed by atoms with Crippen LogP contribution < -0.4 is 5.56 Å². The second-order valence-corrected chi connectivity index (χ2v) is 7.83. The molecule has 1 N–H and O–H groups in total. The fraction of sp³-hybridized carbons (Fsp3) is 0.185. The molecule has 2 heterocycles. The van der Waals surface area contributed by atoms with Crippen molar-refractivity contribution in [2.75, 3.05) is 6.54 Å². The Morgan fingerprint density at radius 2 is 1.64 bits per heavy atom. The van der Waals surface area contributed by atoms with Crippen LogP contribution in [0.15, 0.2) is 59.4 Å². The standard InChI is InChI=1S/C27H21N3O3/c1-18-15-23(24(17-28)25(31)29-18)20-11-8-10-19(16-20)9-4-2-3-7-14-30-26(32)21-12-5-6-13-22(21)27(30)33/h5-6,8,10-13,15-16H,2-3,7,14H2,1H3,(H,29,31). The molecule has 1 aliphatic rings. The van der Waals surface area contributed by atoms with Crippen molar-refractivity contribution in [2.45, 2.75) is 26.2 Å². The highest BCUT2D eigenvalue weighted by molar-refractivity contribution is 6.21. The number of hydrogen-bond acceptors (Lipinski definition) is 4. The van der Waals surface area contributed by atoms with Crippen LogP contribution in [0.4, 0.5) is 0 Å². The zero-order chi connectivity index (χ0) is 23.4. The number of fused-ring (bicyclic) bond motifs is 1. The molecule has 2 aromatic carbocycles. The normalized spacial score (nSPS) is 12.2. The van der Waals surface area contributed by atoms with Gasteiger partial charge in [-0.3, -0.25) is 19.3 Å². The van der Waals surface area contributed by atoms with Gasteiger partial charge in [0.05, 0.1) is 11.1 Å². The highest BCUT2D eigenvalue weighted by Gasteiger charge is 2.34. The van der Waals surface area contributed by atoms with Gasteiger partial charge in [0.1, 0.15) is 11.6 Å². The molecule has 0 saturated carbocycles. The topological polar surface area (TPSA) is 94.0 Å². The molecule has 0 saturated heterocycles. The third-order valence-electron chi connectivity index (χ3n) is 5.50. The smallest absolute Gasteiger partial charge is 0.266 e. The Morgan fingerprint density at radius 3 is 2.33 bits per heavy atom. The van der Waals surface area contributed by atoms with E-state index in [1.807, 2.05) is 30.3 Å². The number of benzene rings is 2. The molecule has 0 atom stereocenters. The summed E-state index contributed by atoms with van der Waals surface area (Å²) >= 11 is 0. The van der Waals surface area contributed by atoms with Gasteiger partial charge in [-0.2, -0.15) is 5.26 Å². The minimum absolute atomic E-state index is 0.0823. The van der Waals surface area contributed by atoms with E-state index in [9.17, 15) is 19.6 Å². The molecule has 162 valence electrons. The minimum Gasteiger partial charge on any atom is -0.325 e. The van der Waals surface area contributed by atoms with Crippen molar-refractivity contribution in [3.05, 3.63) is 92.9 Å². The van der Waals surface area contributed by atoms with Crippen LogP contribution in [0.3, 0.4) is 0 Å². The summed E-state index contributed by atoms with van der Waals surface area (Å²) in [6, 6.07) is 18.1. The average Bonchev–Trinajstić information content (AvgIpc) is 3.06. The number of rotatable bonds is 5. The molecule has 4 rings (SSSR count). The summed E-state index contributed by atoms with van der Waals surface area (Å²) in [5.74, 6) is 5.78. The molecule has 33 heavy (non-hydrogen) atoms. The summed E-state index contributed by atoms with van der Waals surface area (Å²) in [6.45, 7) is 2.15. The van der Waals surface area contributed by atoms with Crippen molar-refractivity contribution in [1.82, 2.24) is 9.88 Å². The first-order valence-electron chi connectivity index (χ1n) is 10.7. The minimum atomic E-state index is -0.401. The lowest BCUT2D eigenvalue weighted by atomic mass is 9.99. The molecule has 0 unspecified atom stereocenters. The summed E-state index contributed by atoms with van der Waals surface area (Å²) < 4.78 is 0. The quantitative estimate of drug-likeness (QED) is 0.372. The lowest BCUT2D eigenvalue weighted by Crippen LogP contribution is -2.30. The lowest BCUT2D eigenvalue weighted by molar-refractivity contribution is 0.0652.